The summed E-state index contributed by atoms with van der Waals surface area (Å²) < 4.78 is 5.69. The summed E-state index contributed by atoms with van der Waals surface area (Å²) in [6.45, 7) is 0.469. The molecule has 3 nitrogen and oxygen atoms in total. The number of benzene rings is 2. The lowest BCUT2D eigenvalue weighted by Crippen LogP contribution is -2.07. The molecule has 20 heavy (non-hydrogen) atoms. The Morgan fingerprint density at radius 2 is 1.75 bits per heavy atom. The molecule has 3 rings (SSSR count). The van der Waals surface area contributed by atoms with Crippen LogP contribution < -0.4 is 11.2 Å². The van der Waals surface area contributed by atoms with E-state index >= 15 is 0 Å². The van der Waals surface area contributed by atoms with Gasteiger partial charge in [-0.05, 0) is 29.8 Å². The average Bonchev–Trinajstić information content (AvgIpc) is 2.48. The van der Waals surface area contributed by atoms with E-state index in [0.29, 0.717) is 29.7 Å². The summed E-state index contributed by atoms with van der Waals surface area (Å²) >= 11 is 0. The van der Waals surface area contributed by atoms with Crippen LogP contribution in [0.4, 0.5) is 0 Å². The van der Waals surface area contributed by atoms with Gasteiger partial charge in [-0.25, -0.2) is 0 Å². The molecule has 0 bridgehead atoms. The third kappa shape index (κ3) is 2.36. The summed E-state index contributed by atoms with van der Waals surface area (Å²) in [5.74, 6) is 0.637. The van der Waals surface area contributed by atoms with Crippen molar-refractivity contribution in [2.75, 3.05) is 6.54 Å². The Balaban J connectivity index is 2.15. The van der Waals surface area contributed by atoms with E-state index in [1.807, 2.05) is 48.5 Å². The third-order valence-electron chi connectivity index (χ3n) is 3.28. The zero-order valence-corrected chi connectivity index (χ0v) is 11.0. The minimum Gasteiger partial charge on any atom is -0.461 e. The van der Waals surface area contributed by atoms with Crippen LogP contribution in [0.5, 0.6) is 0 Å². The van der Waals surface area contributed by atoms with E-state index in [9.17, 15) is 4.79 Å². The molecule has 0 spiro atoms. The van der Waals surface area contributed by atoms with Crippen molar-refractivity contribution in [2.24, 2.45) is 5.73 Å². The minimum atomic E-state index is -0.0209. The quantitative estimate of drug-likeness (QED) is 0.792. The van der Waals surface area contributed by atoms with Gasteiger partial charge >= 0.3 is 0 Å². The standard InChI is InChI=1S/C17H15NO2/c18-9-8-14-11-16(19)15-10-13(6-7-17(15)20-14)12-4-2-1-3-5-12/h1-7,10-11H,8-9,18H2. The Bertz CT molecular complexity index is 791. The fourth-order valence-corrected chi connectivity index (χ4v) is 2.28. The maximum Gasteiger partial charge on any atom is 0.192 e. The van der Waals surface area contributed by atoms with Crippen LogP contribution >= 0.6 is 0 Å². The fraction of sp³-hybridized carbons (Fsp3) is 0.118. The second-order valence-electron chi connectivity index (χ2n) is 4.69. The lowest BCUT2D eigenvalue weighted by atomic mass is 10.0. The molecule has 3 aromatic rings. The van der Waals surface area contributed by atoms with Gasteiger partial charge in [0.2, 0.25) is 0 Å². The monoisotopic (exact) mass is 265 g/mol. The molecule has 0 amide bonds. The Morgan fingerprint density at radius 3 is 2.50 bits per heavy atom. The van der Waals surface area contributed by atoms with Crippen molar-refractivity contribution in [3.8, 4) is 11.1 Å². The maximum atomic E-state index is 12.2. The molecule has 0 unspecified atom stereocenters. The third-order valence-corrected chi connectivity index (χ3v) is 3.28. The zero-order chi connectivity index (χ0) is 13.9. The number of hydrogen-bond acceptors (Lipinski definition) is 3. The van der Waals surface area contributed by atoms with E-state index in [0.717, 1.165) is 11.1 Å². The largest absolute Gasteiger partial charge is 0.461 e. The smallest absolute Gasteiger partial charge is 0.192 e. The molecule has 0 aliphatic rings. The molecule has 100 valence electrons. The molecule has 2 N–H and O–H groups in total. The van der Waals surface area contributed by atoms with E-state index in [-0.39, 0.29) is 5.43 Å². The summed E-state index contributed by atoms with van der Waals surface area (Å²) in [6.07, 6.45) is 0.575. The molecule has 3 heteroatoms. The number of fused-ring (bicyclic) bond motifs is 1. The Labute approximate surface area is 116 Å². The van der Waals surface area contributed by atoms with E-state index in [2.05, 4.69) is 0 Å². The molecular formula is C17H15NO2. The number of nitrogens with two attached hydrogens (primary N) is 1. The molecule has 0 atom stereocenters. The normalized spacial score (nSPS) is 10.8. The lowest BCUT2D eigenvalue weighted by molar-refractivity contribution is 0.537. The van der Waals surface area contributed by atoms with Gasteiger partial charge in [-0.2, -0.15) is 0 Å². The van der Waals surface area contributed by atoms with E-state index < -0.39 is 0 Å². The van der Waals surface area contributed by atoms with E-state index in [1.165, 1.54) is 6.07 Å². The van der Waals surface area contributed by atoms with Crippen molar-refractivity contribution in [1.82, 2.24) is 0 Å². The van der Waals surface area contributed by atoms with Gasteiger partial charge in [-0.15, -0.1) is 0 Å². The van der Waals surface area contributed by atoms with Crippen LogP contribution in [-0.4, -0.2) is 6.54 Å². The second kappa shape index (κ2) is 5.31. The SMILES string of the molecule is NCCc1cc(=O)c2cc(-c3ccccc3)ccc2o1. The molecule has 0 saturated carbocycles. The Morgan fingerprint density at radius 1 is 0.950 bits per heavy atom. The van der Waals surface area contributed by atoms with Crippen molar-refractivity contribution in [2.45, 2.75) is 6.42 Å². The fourth-order valence-electron chi connectivity index (χ4n) is 2.28. The minimum absolute atomic E-state index is 0.0209. The summed E-state index contributed by atoms with van der Waals surface area (Å²) in [5.41, 5.74) is 8.18. The van der Waals surface area contributed by atoms with Crippen molar-refractivity contribution in [3.63, 3.8) is 0 Å². The van der Waals surface area contributed by atoms with Gasteiger partial charge in [-0.3, -0.25) is 4.79 Å². The molecule has 0 radical (unpaired) electrons. The summed E-state index contributed by atoms with van der Waals surface area (Å²) in [6, 6.07) is 17.2. The summed E-state index contributed by atoms with van der Waals surface area (Å²) in [7, 11) is 0. The van der Waals surface area contributed by atoms with Crippen molar-refractivity contribution in [3.05, 3.63) is 70.6 Å². The van der Waals surface area contributed by atoms with Crippen molar-refractivity contribution < 1.29 is 4.42 Å². The first kappa shape index (κ1) is 12.6. The van der Waals surface area contributed by atoms with Gasteiger partial charge in [0, 0.05) is 12.5 Å². The van der Waals surface area contributed by atoms with Crippen molar-refractivity contribution in [1.29, 1.82) is 0 Å². The highest BCUT2D eigenvalue weighted by Gasteiger charge is 2.06. The topological polar surface area (TPSA) is 56.2 Å². The molecule has 0 aliphatic carbocycles. The van der Waals surface area contributed by atoms with Crippen LogP contribution in [0.1, 0.15) is 5.76 Å². The van der Waals surface area contributed by atoms with Crippen LogP contribution in [-0.2, 0) is 6.42 Å². The number of rotatable bonds is 3. The highest BCUT2D eigenvalue weighted by Crippen LogP contribution is 2.23. The molecule has 1 heterocycles. The van der Waals surface area contributed by atoms with Crippen LogP contribution in [0.15, 0.2) is 63.8 Å². The van der Waals surface area contributed by atoms with Gasteiger partial charge in [0.25, 0.3) is 0 Å². The molecule has 1 aromatic heterocycles. The zero-order valence-electron chi connectivity index (χ0n) is 11.0. The Hall–Kier alpha value is -2.39. The first-order valence-electron chi connectivity index (χ1n) is 6.60. The highest BCUT2D eigenvalue weighted by atomic mass is 16.3. The molecule has 2 aromatic carbocycles. The predicted octanol–water partition coefficient (Wildman–Crippen LogP) is 2.96. The van der Waals surface area contributed by atoms with Crippen LogP contribution in [0.25, 0.3) is 22.1 Å². The lowest BCUT2D eigenvalue weighted by Gasteiger charge is -2.05. The van der Waals surface area contributed by atoms with Gasteiger partial charge in [0.15, 0.2) is 5.43 Å². The average molecular weight is 265 g/mol. The van der Waals surface area contributed by atoms with E-state index in [4.69, 9.17) is 10.2 Å². The van der Waals surface area contributed by atoms with Gasteiger partial charge in [0.05, 0.1) is 5.39 Å². The first-order chi connectivity index (χ1) is 9.78. The Kier molecular flexibility index (Phi) is 3.35. The van der Waals surface area contributed by atoms with Crippen LogP contribution in [0.2, 0.25) is 0 Å². The predicted molar refractivity (Wildman–Crippen MR) is 80.7 cm³/mol. The molecule has 0 aliphatic heterocycles. The van der Waals surface area contributed by atoms with Crippen LogP contribution in [0, 0.1) is 0 Å². The van der Waals surface area contributed by atoms with Crippen LogP contribution in [0.3, 0.4) is 0 Å². The van der Waals surface area contributed by atoms with Gasteiger partial charge in [-0.1, -0.05) is 36.4 Å². The molecule has 0 saturated heterocycles. The molecular weight excluding hydrogens is 250 g/mol. The second-order valence-corrected chi connectivity index (χ2v) is 4.69. The van der Waals surface area contributed by atoms with Gasteiger partial charge < -0.3 is 10.2 Å². The van der Waals surface area contributed by atoms with Crippen molar-refractivity contribution >= 4 is 11.0 Å². The summed E-state index contributed by atoms with van der Waals surface area (Å²) in [4.78, 5) is 12.2. The highest BCUT2D eigenvalue weighted by molar-refractivity contribution is 5.83. The number of hydrogen-bond donors (Lipinski definition) is 1. The molecule has 0 fully saturated rings. The van der Waals surface area contributed by atoms with Gasteiger partial charge in [0.1, 0.15) is 11.3 Å². The first-order valence-corrected chi connectivity index (χ1v) is 6.60. The maximum absolute atomic E-state index is 12.2. The van der Waals surface area contributed by atoms with E-state index in [1.54, 1.807) is 0 Å². The summed E-state index contributed by atoms with van der Waals surface area (Å²) in [5, 5.41) is 0.604.